The van der Waals surface area contributed by atoms with Crippen LogP contribution in [0.5, 0.6) is 11.5 Å². The first kappa shape index (κ1) is 21.3. The van der Waals surface area contributed by atoms with Gasteiger partial charge in [-0.2, -0.15) is 5.26 Å². The topological polar surface area (TPSA) is 99.7 Å². The number of quaternary nitrogens is 1. The molecule has 162 valence electrons. The summed E-state index contributed by atoms with van der Waals surface area (Å²) in [5.74, 6) is 0.435. The number of carbonyl (C=O) groups excluding carboxylic acids is 1. The quantitative estimate of drug-likeness (QED) is 0.687. The van der Waals surface area contributed by atoms with Crippen molar-refractivity contribution in [2.45, 2.75) is 63.5 Å². The van der Waals surface area contributed by atoms with E-state index in [4.69, 9.17) is 9.47 Å². The Hall–Kier alpha value is -2.95. The van der Waals surface area contributed by atoms with Crippen molar-refractivity contribution in [2.75, 3.05) is 6.61 Å². The average molecular weight is 421 g/mol. The molecule has 1 fully saturated rings. The van der Waals surface area contributed by atoms with Crippen LogP contribution < -0.4 is 14.5 Å². The van der Waals surface area contributed by atoms with Gasteiger partial charge in [0.2, 0.25) is 5.78 Å². The number of ether oxygens (including phenoxy) is 2. The third-order valence-corrected chi connectivity index (χ3v) is 6.17. The minimum Gasteiger partial charge on any atom is -0.628 e. The van der Waals surface area contributed by atoms with Gasteiger partial charge in [0.15, 0.2) is 17.5 Å². The number of carbonyl (C=O) groups is 1. The summed E-state index contributed by atoms with van der Waals surface area (Å²) in [6, 6.07) is 8.33. The lowest BCUT2D eigenvalue weighted by molar-refractivity contribution is -0.792. The average Bonchev–Trinajstić information content (AvgIpc) is 3.05. The summed E-state index contributed by atoms with van der Waals surface area (Å²) in [5, 5.41) is 22.2. The van der Waals surface area contributed by atoms with E-state index in [1.807, 2.05) is 25.1 Å². The molecular formula is C24H27N3O4. The minimum atomic E-state index is -0.918. The van der Waals surface area contributed by atoms with Crippen LogP contribution in [-0.4, -0.2) is 29.5 Å². The first-order chi connectivity index (χ1) is 15.1. The fourth-order valence-corrected chi connectivity index (χ4v) is 4.64. The van der Waals surface area contributed by atoms with Crippen LogP contribution in [0.4, 0.5) is 5.69 Å². The van der Waals surface area contributed by atoms with Gasteiger partial charge in [-0.3, -0.25) is 9.78 Å². The fraction of sp³-hybridized carbons (Fsp3) is 0.458. The number of Topliss-reactive ketones (excluding diaryl/α,β-unsaturated/α-hetero) is 1. The lowest BCUT2D eigenvalue weighted by Crippen LogP contribution is -3.06. The van der Waals surface area contributed by atoms with Gasteiger partial charge in [-0.25, -0.2) is 0 Å². The number of hydroxylamine groups is 1. The van der Waals surface area contributed by atoms with Crippen molar-refractivity contribution in [1.82, 2.24) is 4.98 Å². The standard InChI is InChI=1S/C24H27N3O4/c1-2-30-22-14-16(8-9-21(22)31-17-6-4-3-5-7-17)18(10-12-25)23-24(28)19-15-26-13-11-20(19)27(23)29/h8-9,11,13-15,17-18,23,27H,2-7,10H2,1H3. The lowest BCUT2D eigenvalue weighted by atomic mass is 9.86. The van der Waals surface area contributed by atoms with Gasteiger partial charge in [-0.15, -0.1) is 0 Å². The summed E-state index contributed by atoms with van der Waals surface area (Å²) in [5.41, 5.74) is 1.45. The third kappa shape index (κ3) is 4.27. The Labute approximate surface area is 182 Å². The van der Waals surface area contributed by atoms with Crippen molar-refractivity contribution < 1.29 is 19.3 Å². The maximum atomic E-state index is 13.0. The van der Waals surface area contributed by atoms with Crippen molar-refractivity contribution >= 4 is 11.5 Å². The zero-order valence-electron chi connectivity index (χ0n) is 17.7. The largest absolute Gasteiger partial charge is 0.628 e. The molecule has 0 radical (unpaired) electrons. The van der Waals surface area contributed by atoms with E-state index in [-0.39, 0.29) is 23.4 Å². The summed E-state index contributed by atoms with van der Waals surface area (Å²) in [7, 11) is 0. The van der Waals surface area contributed by atoms with Gasteiger partial charge in [0, 0.05) is 24.9 Å². The number of nitrogens with zero attached hydrogens (tertiary/aromatic N) is 2. The van der Waals surface area contributed by atoms with Gasteiger partial charge in [0.25, 0.3) is 0 Å². The molecule has 3 unspecified atom stereocenters. The molecule has 0 saturated heterocycles. The zero-order valence-corrected chi connectivity index (χ0v) is 17.7. The highest BCUT2D eigenvalue weighted by atomic mass is 16.5. The number of nitrogens with one attached hydrogen (secondary N) is 1. The van der Waals surface area contributed by atoms with Crippen LogP contribution in [0, 0.1) is 16.5 Å². The summed E-state index contributed by atoms with van der Waals surface area (Å²) in [6.07, 6.45) is 8.81. The Morgan fingerprint density at radius 1 is 1.26 bits per heavy atom. The number of benzene rings is 1. The molecule has 2 aromatic rings. The molecule has 4 rings (SSSR count). The molecule has 2 aliphatic rings. The van der Waals surface area contributed by atoms with Crippen molar-refractivity contribution in [2.24, 2.45) is 0 Å². The van der Waals surface area contributed by atoms with Gasteiger partial charge in [-0.05, 0) is 50.3 Å². The molecule has 7 heteroatoms. The number of ketones is 1. The van der Waals surface area contributed by atoms with E-state index in [1.165, 1.54) is 18.8 Å². The molecule has 0 amide bonds. The molecule has 1 saturated carbocycles. The van der Waals surface area contributed by atoms with E-state index >= 15 is 0 Å². The van der Waals surface area contributed by atoms with E-state index in [9.17, 15) is 15.3 Å². The third-order valence-electron chi connectivity index (χ3n) is 6.17. The van der Waals surface area contributed by atoms with E-state index in [1.54, 1.807) is 6.07 Å². The molecular weight excluding hydrogens is 394 g/mol. The van der Waals surface area contributed by atoms with Crippen LogP contribution in [-0.2, 0) is 0 Å². The fourth-order valence-electron chi connectivity index (χ4n) is 4.64. The van der Waals surface area contributed by atoms with E-state index in [0.717, 1.165) is 31.2 Å². The molecule has 2 heterocycles. The second kappa shape index (κ2) is 9.46. The van der Waals surface area contributed by atoms with Gasteiger partial charge in [-0.1, -0.05) is 12.5 Å². The highest BCUT2D eigenvalue weighted by Crippen LogP contribution is 2.37. The number of rotatable bonds is 7. The summed E-state index contributed by atoms with van der Waals surface area (Å²) < 4.78 is 12.1. The highest BCUT2D eigenvalue weighted by Gasteiger charge is 2.44. The van der Waals surface area contributed by atoms with Crippen LogP contribution in [0.25, 0.3) is 0 Å². The molecule has 0 bridgehead atoms. The molecule has 0 spiro atoms. The molecule has 3 atom stereocenters. The number of nitriles is 1. The molecule has 31 heavy (non-hydrogen) atoms. The van der Waals surface area contributed by atoms with Crippen molar-refractivity contribution in [3.63, 3.8) is 0 Å². The van der Waals surface area contributed by atoms with Crippen molar-refractivity contribution in [3.05, 3.63) is 53.0 Å². The Morgan fingerprint density at radius 2 is 2.06 bits per heavy atom. The Balaban J connectivity index is 1.65. The summed E-state index contributed by atoms with van der Waals surface area (Å²) in [6.45, 7) is 2.36. The summed E-state index contributed by atoms with van der Waals surface area (Å²) in [4.78, 5) is 17.0. The smallest absolute Gasteiger partial charge is 0.228 e. The van der Waals surface area contributed by atoms with Crippen LogP contribution in [0.2, 0.25) is 0 Å². The Bertz CT molecular complexity index is 981. The number of hydrogen-bond acceptors (Lipinski definition) is 6. The highest BCUT2D eigenvalue weighted by molar-refractivity contribution is 6.05. The van der Waals surface area contributed by atoms with E-state index in [0.29, 0.717) is 29.4 Å². The Kier molecular flexibility index (Phi) is 6.50. The van der Waals surface area contributed by atoms with E-state index in [2.05, 4.69) is 11.1 Å². The minimum absolute atomic E-state index is 0.0535. The number of hydrogen-bond donors (Lipinski definition) is 1. The number of aromatic nitrogens is 1. The first-order valence-corrected chi connectivity index (χ1v) is 11.0. The maximum Gasteiger partial charge on any atom is 0.228 e. The van der Waals surface area contributed by atoms with Crippen LogP contribution in [0.1, 0.15) is 67.3 Å². The second-order valence-corrected chi connectivity index (χ2v) is 8.11. The van der Waals surface area contributed by atoms with Gasteiger partial charge < -0.3 is 19.7 Å². The number of fused-ring (bicyclic) bond motifs is 1. The molecule has 1 aliphatic carbocycles. The van der Waals surface area contributed by atoms with Crippen LogP contribution in [0.15, 0.2) is 36.7 Å². The van der Waals surface area contributed by atoms with Gasteiger partial charge in [0.1, 0.15) is 11.3 Å². The maximum absolute atomic E-state index is 13.0. The SMILES string of the molecule is CCOc1cc(C(CC#N)C2C(=O)c3cnccc3[NH+]2[O-])ccc1OC1CCCCC1. The molecule has 7 nitrogen and oxygen atoms in total. The second-order valence-electron chi connectivity index (χ2n) is 8.11. The first-order valence-electron chi connectivity index (χ1n) is 11.0. The zero-order chi connectivity index (χ0) is 21.8. The predicted octanol–water partition coefficient (Wildman–Crippen LogP) is 3.47. The Morgan fingerprint density at radius 3 is 2.77 bits per heavy atom. The van der Waals surface area contributed by atoms with Crippen LogP contribution in [0.3, 0.4) is 0 Å². The van der Waals surface area contributed by atoms with Crippen LogP contribution >= 0.6 is 0 Å². The van der Waals surface area contributed by atoms with Crippen molar-refractivity contribution in [1.29, 1.82) is 5.26 Å². The lowest BCUT2D eigenvalue weighted by Gasteiger charge is -2.29. The normalized spacial score (nSPS) is 21.9. The molecule has 1 aromatic carbocycles. The van der Waals surface area contributed by atoms with Gasteiger partial charge >= 0.3 is 0 Å². The van der Waals surface area contributed by atoms with E-state index < -0.39 is 12.0 Å². The molecule has 1 aliphatic heterocycles. The van der Waals surface area contributed by atoms with Gasteiger partial charge in [0.05, 0.1) is 24.7 Å². The molecule has 1 aromatic heterocycles. The summed E-state index contributed by atoms with van der Waals surface area (Å²) >= 11 is 0. The molecule has 1 N–H and O–H groups in total. The predicted molar refractivity (Wildman–Crippen MR) is 114 cm³/mol. The number of pyridine rings is 1. The van der Waals surface area contributed by atoms with Crippen molar-refractivity contribution in [3.8, 4) is 17.6 Å². The monoisotopic (exact) mass is 421 g/mol.